The largest absolute Gasteiger partial charge is 0.493 e. The third-order valence-corrected chi connectivity index (χ3v) is 2.44. The Morgan fingerprint density at radius 1 is 1.38 bits per heavy atom. The summed E-state index contributed by atoms with van der Waals surface area (Å²) in [6, 6.07) is 4.09. The van der Waals surface area contributed by atoms with Crippen LogP contribution in [-0.2, 0) is 0 Å². The normalized spacial score (nSPS) is 20.7. The Morgan fingerprint density at radius 3 is 2.92 bits per heavy atom. The second kappa shape index (κ2) is 3.04. The van der Waals surface area contributed by atoms with Gasteiger partial charge in [0, 0.05) is 12.0 Å². The molecule has 1 aliphatic rings. The summed E-state index contributed by atoms with van der Waals surface area (Å²) in [6.07, 6.45) is 0.359. The van der Waals surface area contributed by atoms with Crippen molar-refractivity contribution in [2.24, 2.45) is 0 Å². The predicted molar refractivity (Wildman–Crippen MR) is 51.0 cm³/mol. The van der Waals surface area contributed by atoms with Crippen molar-refractivity contribution in [2.45, 2.75) is 26.4 Å². The predicted octanol–water partition coefficient (Wildman–Crippen LogP) is 2.12. The van der Waals surface area contributed by atoms with Gasteiger partial charge >= 0.3 is 0 Å². The van der Waals surface area contributed by atoms with Gasteiger partial charge in [0.25, 0.3) is 0 Å². The highest BCUT2D eigenvalue weighted by Crippen LogP contribution is 2.35. The highest BCUT2D eigenvalue weighted by atomic mass is 16.5. The van der Waals surface area contributed by atoms with Gasteiger partial charge in [-0.15, -0.1) is 0 Å². The summed E-state index contributed by atoms with van der Waals surface area (Å²) in [5, 5.41) is 9.73. The van der Waals surface area contributed by atoms with E-state index in [4.69, 9.17) is 4.74 Å². The molecule has 0 radical (unpaired) electrons. The Balaban J connectivity index is 2.56. The van der Waals surface area contributed by atoms with Crippen molar-refractivity contribution >= 4 is 0 Å². The minimum absolute atomic E-state index is 0.345. The molecule has 2 nitrogen and oxygen atoms in total. The minimum atomic E-state index is -0.345. The van der Waals surface area contributed by atoms with Crippen LogP contribution in [0.4, 0.5) is 0 Å². The highest BCUT2D eigenvalue weighted by Gasteiger charge is 2.20. The number of hydrogen-bond donors (Lipinski definition) is 1. The maximum atomic E-state index is 9.73. The molecule has 0 aromatic heterocycles. The Labute approximate surface area is 78.2 Å². The van der Waals surface area contributed by atoms with Crippen molar-refractivity contribution in [2.75, 3.05) is 6.61 Å². The summed E-state index contributed by atoms with van der Waals surface area (Å²) in [6.45, 7) is 4.68. The fourth-order valence-corrected chi connectivity index (χ4v) is 1.86. The van der Waals surface area contributed by atoms with E-state index in [1.54, 1.807) is 0 Å². The van der Waals surface area contributed by atoms with Gasteiger partial charge < -0.3 is 9.84 Å². The van der Waals surface area contributed by atoms with Crippen LogP contribution in [0, 0.1) is 13.8 Å². The lowest BCUT2D eigenvalue weighted by atomic mass is 9.98. The Kier molecular flexibility index (Phi) is 2.00. The zero-order valence-electron chi connectivity index (χ0n) is 8.00. The first-order valence-electron chi connectivity index (χ1n) is 4.60. The molecule has 0 saturated carbocycles. The van der Waals surface area contributed by atoms with Crippen molar-refractivity contribution in [3.63, 3.8) is 0 Å². The molecule has 1 heterocycles. The number of fused-ring (bicyclic) bond motifs is 1. The van der Waals surface area contributed by atoms with E-state index in [-0.39, 0.29) is 6.10 Å². The lowest BCUT2D eigenvalue weighted by molar-refractivity contribution is 0.115. The molecule has 0 bridgehead atoms. The molecule has 0 saturated heterocycles. The van der Waals surface area contributed by atoms with Gasteiger partial charge in [-0.05, 0) is 25.5 Å². The molecule has 0 fully saturated rings. The van der Waals surface area contributed by atoms with Crippen LogP contribution in [0.1, 0.15) is 29.2 Å². The van der Waals surface area contributed by atoms with E-state index in [1.165, 1.54) is 5.56 Å². The minimum Gasteiger partial charge on any atom is -0.493 e. The van der Waals surface area contributed by atoms with Gasteiger partial charge in [0.1, 0.15) is 5.75 Å². The highest BCUT2D eigenvalue weighted by molar-refractivity contribution is 5.45. The van der Waals surface area contributed by atoms with Crippen molar-refractivity contribution < 1.29 is 9.84 Å². The number of rotatable bonds is 0. The maximum absolute atomic E-state index is 9.73. The fraction of sp³-hybridized carbons (Fsp3) is 0.455. The smallest absolute Gasteiger partial charge is 0.128 e. The first-order valence-corrected chi connectivity index (χ1v) is 4.60. The number of aliphatic hydroxyl groups is 1. The standard InChI is InChI=1S/C11H14O2/c1-7-5-8(2)11-9(6-7)10(12)3-4-13-11/h5-6,10,12H,3-4H2,1-2H3/t10-/m0/s1. The molecule has 1 aromatic rings. The Bertz CT molecular complexity index is 331. The molecule has 1 atom stereocenters. The summed E-state index contributed by atoms with van der Waals surface area (Å²) >= 11 is 0. The van der Waals surface area contributed by atoms with Gasteiger partial charge in [-0.1, -0.05) is 11.6 Å². The summed E-state index contributed by atoms with van der Waals surface area (Å²) in [5.74, 6) is 0.879. The zero-order valence-corrected chi connectivity index (χ0v) is 8.00. The number of ether oxygens (including phenoxy) is 1. The molecule has 0 unspecified atom stereocenters. The maximum Gasteiger partial charge on any atom is 0.128 e. The molecular formula is C11H14O2. The van der Waals surface area contributed by atoms with Crippen LogP contribution < -0.4 is 4.74 Å². The second-order valence-corrected chi connectivity index (χ2v) is 3.65. The average Bonchev–Trinajstić information content (AvgIpc) is 2.07. The van der Waals surface area contributed by atoms with Gasteiger partial charge in [0.15, 0.2) is 0 Å². The fourth-order valence-electron chi connectivity index (χ4n) is 1.86. The van der Waals surface area contributed by atoms with Gasteiger partial charge in [-0.2, -0.15) is 0 Å². The number of aliphatic hydroxyl groups excluding tert-OH is 1. The number of hydrogen-bond acceptors (Lipinski definition) is 2. The van der Waals surface area contributed by atoms with Crippen molar-refractivity contribution in [3.05, 3.63) is 28.8 Å². The molecule has 1 N–H and O–H groups in total. The molecule has 0 aliphatic carbocycles. The molecule has 70 valence electrons. The van der Waals surface area contributed by atoms with Crippen molar-refractivity contribution in [1.82, 2.24) is 0 Å². The SMILES string of the molecule is Cc1cc(C)c2c(c1)[C@@H](O)CCO2. The third kappa shape index (κ3) is 1.42. The molecule has 0 amide bonds. The molecule has 0 spiro atoms. The van der Waals surface area contributed by atoms with Crippen LogP contribution >= 0.6 is 0 Å². The summed E-state index contributed by atoms with van der Waals surface area (Å²) in [7, 11) is 0. The molecule has 1 aliphatic heterocycles. The van der Waals surface area contributed by atoms with Gasteiger partial charge in [-0.3, -0.25) is 0 Å². The van der Waals surface area contributed by atoms with Crippen molar-refractivity contribution in [3.8, 4) is 5.75 Å². The van der Waals surface area contributed by atoms with Crippen molar-refractivity contribution in [1.29, 1.82) is 0 Å². The first-order chi connectivity index (χ1) is 6.18. The van der Waals surface area contributed by atoms with E-state index >= 15 is 0 Å². The number of aryl methyl sites for hydroxylation is 2. The lowest BCUT2D eigenvalue weighted by Crippen LogP contribution is -2.14. The third-order valence-electron chi connectivity index (χ3n) is 2.44. The lowest BCUT2D eigenvalue weighted by Gasteiger charge is -2.24. The van der Waals surface area contributed by atoms with Crippen LogP contribution in [0.2, 0.25) is 0 Å². The van der Waals surface area contributed by atoms with E-state index in [0.29, 0.717) is 13.0 Å². The molecule has 2 rings (SSSR count). The van der Waals surface area contributed by atoms with E-state index in [9.17, 15) is 5.11 Å². The zero-order chi connectivity index (χ0) is 9.42. The van der Waals surface area contributed by atoms with Gasteiger partial charge in [0.05, 0.1) is 12.7 Å². The van der Waals surface area contributed by atoms with Crippen LogP contribution in [-0.4, -0.2) is 11.7 Å². The van der Waals surface area contributed by atoms with Crippen LogP contribution in [0.3, 0.4) is 0 Å². The molecule has 13 heavy (non-hydrogen) atoms. The summed E-state index contributed by atoms with van der Waals surface area (Å²) < 4.78 is 5.52. The topological polar surface area (TPSA) is 29.5 Å². The molecule has 2 heteroatoms. The molecule has 1 aromatic carbocycles. The summed E-state index contributed by atoms with van der Waals surface area (Å²) in [4.78, 5) is 0. The Morgan fingerprint density at radius 2 is 2.15 bits per heavy atom. The van der Waals surface area contributed by atoms with Crippen LogP contribution in [0.15, 0.2) is 12.1 Å². The quantitative estimate of drug-likeness (QED) is 0.659. The van der Waals surface area contributed by atoms with E-state index in [2.05, 4.69) is 6.07 Å². The van der Waals surface area contributed by atoms with Gasteiger partial charge in [-0.25, -0.2) is 0 Å². The Hall–Kier alpha value is -1.02. The van der Waals surface area contributed by atoms with Crippen LogP contribution in [0.25, 0.3) is 0 Å². The van der Waals surface area contributed by atoms with Gasteiger partial charge in [0.2, 0.25) is 0 Å². The number of benzene rings is 1. The second-order valence-electron chi connectivity index (χ2n) is 3.65. The van der Waals surface area contributed by atoms with E-state index in [0.717, 1.165) is 16.9 Å². The monoisotopic (exact) mass is 178 g/mol. The average molecular weight is 178 g/mol. The summed E-state index contributed by atoms with van der Waals surface area (Å²) in [5.41, 5.74) is 3.25. The van der Waals surface area contributed by atoms with E-state index < -0.39 is 0 Å². The molecular weight excluding hydrogens is 164 g/mol. The van der Waals surface area contributed by atoms with Crippen LogP contribution in [0.5, 0.6) is 5.75 Å². The van der Waals surface area contributed by atoms with E-state index in [1.807, 2.05) is 19.9 Å². The first kappa shape index (κ1) is 8.57.